The van der Waals surface area contributed by atoms with Crippen LogP contribution in [0.1, 0.15) is 30.5 Å². The van der Waals surface area contributed by atoms with E-state index in [1.807, 2.05) is 45.2 Å². The van der Waals surface area contributed by atoms with Crippen LogP contribution in [0.4, 0.5) is 0 Å². The molecule has 88 valence electrons. The Balaban J connectivity index is 2.75. The van der Waals surface area contributed by atoms with Crippen LogP contribution in [0.2, 0.25) is 0 Å². The number of carbonyl (C=O) groups excluding carboxylic acids is 1. The molecule has 0 saturated heterocycles. The van der Waals surface area contributed by atoms with Crippen LogP contribution < -0.4 is 5.32 Å². The first kappa shape index (κ1) is 12.7. The fourth-order valence-corrected chi connectivity index (χ4v) is 1.73. The summed E-state index contributed by atoms with van der Waals surface area (Å²) in [5, 5.41) is 3.15. The molecule has 1 aromatic rings. The van der Waals surface area contributed by atoms with Gasteiger partial charge in [-0.05, 0) is 32.0 Å². The molecule has 0 bridgehead atoms. The third-order valence-corrected chi connectivity index (χ3v) is 2.59. The minimum Gasteiger partial charge on any atom is -0.466 e. The molecule has 16 heavy (non-hydrogen) atoms. The SMILES string of the molecule is CCOC(=O)CC(NC)c1ccccc1C. The summed E-state index contributed by atoms with van der Waals surface area (Å²) in [4.78, 5) is 11.4. The molecule has 0 spiro atoms. The Labute approximate surface area is 96.8 Å². The third kappa shape index (κ3) is 3.35. The highest BCUT2D eigenvalue weighted by Crippen LogP contribution is 2.20. The van der Waals surface area contributed by atoms with Crippen molar-refractivity contribution in [3.63, 3.8) is 0 Å². The number of hydrogen-bond donors (Lipinski definition) is 1. The van der Waals surface area contributed by atoms with E-state index in [-0.39, 0.29) is 12.0 Å². The summed E-state index contributed by atoms with van der Waals surface area (Å²) in [5.41, 5.74) is 2.34. The van der Waals surface area contributed by atoms with Gasteiger partial charge in [-0.2, -0.15) is 0 Å². The largest absolute Gasteiger partial charge is 0.466 e. The van der Waals surface area contributed by atoms with Crippen LogP contribution in [-0.2, 0) is 9.53 Å². The number of esters is 1. The molecule has 3 heteroatoms. The molecule has 1 N–H and O–H groups in total. The normalized spacial score (nSPS) is 12.2. The summed E-state index contributed by atoms with van der Waals surface area (Å²) in [6.07, 6.45) is 0.370. The zero-order valence-electron chi connectivity index (χ0n) is 10.1. The lowest BCUT2D eigenvalue weighted by Crippen LogP contribution is -2.22. The van der Waals surface area contributed by atoms with E-state index in [2.05, 4.69) is 5.32 Å². The average molecular weight is 221 g/mol. The Hall–Kier alpha value is -1.35. The van der Waals surface area contributed by atoms with Gasteiger partial charge in [0.25, 0.3) is 0 Å². The molecular formula is C13H19NO2. The highest BCUT2D eigenvalue weighted by atomic mass is 16.5. The van der Waals surface area contributed by atoms with Gasteiger partial charge in [0, 0.05) is 6.04 Å². The van der Waals surface area contributed by atoms with Crippen LogP contribution in [0.15, 0.2) is 24.3 Å². The first-order chi connectivity index (χ1) is 7.69. The molecule has 0 saturated carbocycles. The second-order valence-corrected chi connectivity index (χ2v) is 3.71. The van der Waals surface area contributed by atoms with E-state index in [1.165, 1.54) is 5.56 Å². The number of aryl methyl sites for hydroxylation is 1. The lowest BCUT2D eigenvalue weighted by molar-refractivity contribution is -0.143. The zero-order chi connectivity index (χ0) is 12.0. The van der Waals surface area contributed by atoms with Crippen LogP contribution in [0.3, 0.4) is 0 Å². The van der Waals surface area contributed by atoms with Crippen molar-refractivity contribution in [2.45, 2.75) is 26.3 Å². The molecule has 1 atom stereocenters. The smallest absolute Gasteiger partial charge is 0.307 e. The van der Waals surface area contributed by atoms with Crippen molar-refractivity contribution in [1.29, 1.82) is 0 Å². The van der Waals surface area contributed by atoms with Crippen molar-refractivity contribution in [1.82, 2.24) is 5.32 Å². The molecule has 0 aliphatic rings. The molecule has 0 aliphatic heterocycles. The molecule has 1 aromatic carbocycles. The Kier molecular flexibility index (Phi) is 4.99. The topological polar surface area (TPSA) is 38.3 Å². The summed E-state index contributed by atoms with van der Waals surface area (Å²) in [6.45, 7) is 4.30. The number of ether oxygens (including phenoxy) is 1. The van der Waals surface area contributed by atoms with Crippen LogP contribution in [0.25, 0.3) is 0 Å². The standard InChI is InChI=1S/C13H19NO2/c1-4-16-13(15)9-12(14-3)11-8-6-5-7-10(11)2/h5-8,12,14H,4,9H2,1-3H3. The predicted octanol–water partition coefficient (Wildman–Crippen LogP) is 2.21. The molecule has 0 aliphatic carbocycles. The zero-order valence-corrected chi connectivity index (χ0v) is 10.1. The van der Waals surface area contributed by atoms with E-state index in [0.717, 1.165) is 5.56 Å². The highest BCUT2D eigenvalue weighted by molar-refractivity contribution is 5.70. The van der Waals surface area contributed by atoms with Crippen molar-refractivity contribution >= 4 is 5.97 Å². The van der Waals surface area contributed by atoms with Crippen molar-refractivity contribution in [2.24, 2.45) is 0 Å². The van der Waals surface area contributed by atoms with Gasteiger partial charge in [-0.3, -0.25) is 4.79 Å². The maximum absolute atomic E-state index is 11.4. The Bertz CT molecular complexity index is 350. The fraction of sp³-hybridized carbons (Fsp3) is 0.462. The summed E-state index contributed by atoms with van der Waals surface area (Å²) >= 11 is 0. The van der Waals surface area contributed by atoms with Gasteiger partial charge >= 0.3 is 5.97 Å². The minimum absolute atomic E-state index is 0.0280. The summed E-state index contributed by atoms with van der Waals surface area (Å²) in [6, 6.07) is 8.09. The first-order valence-electron chi connectivity index (χ1n) is 5.57. The van der Waals surface area contributed by atoms with Gasteiger partial charge in [0.05, 0.1) is 13.0 Å². The number of benzene rings is 1. The first-order valence-corrected chi connectivity index (χ1v) is 5.57. The number of hydrogen-bond acceptors (Lipinski definition) is 3. The van der Waals surface area contributed by atoms with Gasteiger partial charge in [0.1, 0.15) is 0 Å². The molecule has 3 nitrogen and oxygen atoms in total. The van der Waals surface area contributed by atoms with Gasteiger partial charge in [-0.25, -0.2) is 0 Å². The molecule has 0 heterocycles. The molecule has 0 amide bonds. The summed E-state index contributed by atoms with van der Waals surface area (Å²) in [5.74, 6) is -0.162. The van der Waals surface area contributed by atoms with Crippen LogP contribution in [0.5, 0.6) is 0 Å². The van der Waals surface area contributed by atoms with E-state index in [4.69, 9.17) is 4.74 Å². The summed E-state index contributed by atoms with van der Waals surface area (Å²) < 4.78 is 4.96. The van der Waals surface area contributed by atoms with Gasteiger partial charge in [-0.1, -0.05) is 24.3 Å². The van der Waals surface area contributed by atoms with E-state index in [1.54, 1.807) is 0 Å². The predicted molar refractivity (Wildman–Crippen MR) is 64.2 cm³/mol. The highest BCUT2D eigenvalue weighted by Gasteiger charge is 2.16. The van der Waals surface area contributed by atoms with Crippen LogP contribution in [0, 0.1) is 6.92 Å². The van der Waals surface area contributed by atoms with Crippen LogP contribution >= 0.6 is 0 Å². The average Bonchev–Trinajstić information content (AvgIpc) is 2.27. The summed E-state index contributed by atoms with van der Waals surface area (Å²) in [7, 11) is 1.86. The van der Waals surface area contributed by atoms with Crippen molar-refractivity contribution in [2.75, 3.05) is 13.7 Å². The Morgan fingerprint density at radius 2 is 2.12 bits per heavy atom. The van der Waals surface area contributed by atoms with Gasteiger partial charge in [-0.15, -0.1) is 0 Å². The number of nitrogens with one attached hydrogen (secondary N) is 1. The quantitative estimate of drug-likeness (QED) is 0.775. The monoisotopic (exact) mass is 221 g/mol. The fourth-order valence-electron chi connectivity index (χ4n) is 1.73. The minimum atomic E-state index is -0.162. The van der Waals surface area contributed by atoms with E-state index < -0.39 is 0 Å². The third-order valence-electron chi connectivity index (χ3n) is 2.59. The van der Waals surface area contributed by atoms with E-state index >= 15 is 0 Å². The Morgan fingerprint density at radius 3 is 2.69 bits per heavy atom. The van der Waals surface area contributed by atoms with E-state index in [0.29, 0.717) is 13.0 Å². The molecule has 0 aromatic heterocycles. The lowest BCUT2D eigenvalue weighted by Gasteiger charge is -2.17. The van der Waals surface area contributed by atoms with Crippen LogP contribution in [-0.4, -0.2) is 19.6 Å². The molecule has 0 radical (unpaired) electrons. The molecular weight excluding hydrogens is 202 g/mol. The maximum atomic E-state index is 11.4. The van der Waals surface area contributed by atoms with Crippen molar-refractivity contribution in [3.05, 3.63) is 35.4 Å². The van der Waals surface area contributed by atoms with Crippen molar-refractivity contribution < 1.29 is 9.53 Å². The Morgan fingerprint density at radius 1 is 1.44 bits per heavy atom. The van der Waals surface area contributed by atoms with Gasteiger partial charge in [0.2, 0.25) is 0 Å². The maximum Gasteiger partial charge on any atom is 0.307 e. The molecule has 0 fully saturated rings. The van der Waals surface area contributed by atoms with Crippen molar-refractivity contribution in [3.8, 4) is 0 Å². The molecule has 1 unspecified atom stereocenters. The lowest BCUT2D eigenvalue weighted by atomic mass is 9.99. The second-order valence-electron chi connectivity index (χ2n) is 3.71. The second kappa shape index (κ2) is 6.28. The number of carbonyl (C=O) groups is 1. The molecule has 1 rings (SSSR count). The van der Waals surface area contributed by atoms with Gasteiger partial charge in [0.15, 0.2) is 0 Å². The van der Waals surface area contributed by atoms with E-state index in [9.17, 15) is 4.79 Å². The number of rotatable bonds is 5. The van der Waals surface area contributed by atoms with Gasteiger partial charge < -0.3 is 10.1 Å².